The van der Waals surface area contributed by atoms with Crippen LogP contribution >= 0.6 is 0 Å². The summed E-state index contributed by atoms with van der Waals surface area (Å²) < 4.78 is 20.0. The topological polar surface area (TPSA) is 47.4 Å². The van der Waals surface area contributed by atoms with Gasteiger partial charge in [-0.2, -0.15) is 5.10 Å². The van der Waals surface area contributed by atoms with E-state index in [-0.39, 0.29) is 11.7 Å². The maximum Gasteiger partial charge on any atom is 0.261 e. The zero-order valence-corrected chi connectivity index (χ0v) is 10.9. The van der Waals surface area contributed by atoms with E-state index in [1.807, 2.05) is 0 Å². The number of hydrogen-bond acceptors (Lipinski definition) is 3. The van der Waals surface area contributed by atoms with Crippen molar-refractivity contribution in [2.45, 2.75) is 0 Å². The van der Waals surface area contributed by atoms with Gasteiger partial charge in [-0.15, -0.1) is 0 Å². The number of aryl methyl sites for hydroxylation is 1. The maximum atomic E-state index is 13.6. The fourth-order valence-corrected chi connectivity index (χ4v) is 1.71. The first-order chi connectivity index (χ1) is 9.02. The molecule has 0 fully saturated rings. The second kappa shape index (κ2) is 5.09. The lowest BCUT2D eigenvalue weighted by Crippen LogP contribution is -2.25. The van der Waals surface area contributed by atoms with Gasteiger partial charge >= 0.3 is 0 Å². The molecule has 0 N–H and O–H groups in total. The number of hydrogen-bond donors (Lipinski definition) is 0. The molecule has 0 aliphatic rings. The minimum atomic E-state index is -0.508. The Kier molecular flexibility index (Phi) is 3.50. The Morgan fingerprint density at radius 3 is 2.74 bits per heavy atom. The zero-order chi connectivity index (χ0) is 14.0. The Morgan fingerprint density at radius 1 is 1.47 bits per heavy atom. The summed E-state index contributed by atoms with van der Waals surface area (Å²) in [6, 6.07) is 4.36. The highest BCUT2D eigenvalue weighted by molar-refractivity contribution is 6.05. The number of ether oxygens (including phenoxy) is 1. The van der Waals surface area contributed by atoms with Crippen LogP contribution < -0.4 is 9.64 Å². The smallest absolute Gasteiger partial charge is 0.261 e. The predicted octanol–water partition coefficient (Wildman–Crippen LogP) is 1.84. The van der Waals surface area contributed by atoms with E-state index in [0.717, 1.165) is 0 Å². The van der Waals surface area contributed by atoms with Gasteiger partial charge in [-0.3, -0.25) is 9.48 Å². The van der Waals surface area contributed by atoms with Crippen LogP contribution in [0.4, 0.5) is 10.1 Å². The van der Waals surface area contributed by atoms with Crippen molar-refractivity contribution in [1.29, 1.82) is 0 Å². The molecule has 2 rings (SSSR count). The molecule has 1 heterocycles. The van der Waals surface area contributed by atoms with Crippen molar-refractivity contribution in [2.24, 2.45) is 7.05 Å². The van der Waals surface area contributed by atoms with Crippen LogP contribution in [0.2, 0.25) is 0 Å². The first-order valence-corrected chi connectivity index (χ1v) is 5.63. The number of anilines is 1. The molecule has 0 saturated heterocycles. The Balaban J connectivity index is 2.26. The van der Waals surface area contributed by atoms with Crippen LogP contribution in [0.5, 0.6) is 5.75 Å². The van der Waals surface area contributed by atoms with Gasteiger partial charge in [-0.1, -0.05) is 0 Å². The van der Waals surface area contributed by atoms with E-state index in [0.29, 0.717) is 11.3 Å². The summed E-state index contributed by atoms with van der Waals surface area (Å²) >= 11 is 0. The summed E-state index contributed by atoms with van der Waals surface area (Å²) in [5.41, 5.74) is 0.897. The third-order valence-corrected chi connectivity index (χ3v) is 2.78. The Morgan fingerprint density at radius 2 is 2.21 bits per heavy atom. The molecule has 6 heteroatoms. The molecule has 19 heavy (non-hydrogen) atoms. The van der Waals surface area contributed by atoms with Gasteiger partial charge in [0.15, 0.2) is 11.6 Å². The van der Waals surface area contributed by atoms with Gasteiger partial charge in [0.25, 0.3) is 5.91 Å². The highest BCUT2D eigenvalue weighted by atomic mass is 19.1. The first kappa shape index (κ1) is 13.1. The number of carbonyl (C=O) groups excluding carboxylic acids is 1. The van der Waals surface area contributed by atoms with Gasteiger partial charge in [0.2, 0.25) is 0 Å². The summed E-state index contributed by atoms with van der Waals surface area (Å²) in [6.45, 7) is 0. The number of carbonyl (C=O) groups is 1. The van der Waals surface area contributed by atoms with Crippen LogP contribution in [0.25, 0.3) is 0 Å². The number of rotatable bonds is 3. The van der Waals surface area contributed by atoms with Gasteiger partial charge in [0.05, 0.1) is 18.9 Å². The van der Waals surface area contributed by atoms with Crippen molar-refractivity contribution in [1.82, 2.24) is 9.78 Å². The lowest BCUT2D eigenvalue weighted by molar-refractivity contribution is 0.0993. The van der Waals surface area contributed by atoms with E-state index in [1.165, 1.54) is 35.0 Å². The SMILES string of the molecule is COc1ccc(N(C)C(=O)c2cnn(C)c2)cc1F. The largest absolute Gasteiger partial charge is 0.494 e. The average molecular weight is 263 g/mol. The molecule has 1 amide bonds. The molecule has 0 radical (unpaired) electrons. The van der Waals surface area contributed by atoms with Crippen molar-refractivity contribution in [3.05, 3.63) is 42.0 Å². The van der Waals surface area contributed by atoms with Crippen molar-refractivity contribution in [2.75, 3.05) is 19.1 Å². The Hall–Kier alpha value is -2.37. The number of methoxy groups -OCH3 is 1. The van der Waals surface area contributed by atoms with Gasteiger partial charge in [-0.25, -0.2) is 4.39 Å². The Bertz CT molecular complexity index is 610. The van der Waals surface area contributed by atoms with Gasteiger partial charge in [0, 0.05) is 32.0 Å². The summed E-state index contributed by atoms with van der Waals surface area (Å²) in [7, 11) is 4.70. The van der Waals surface area contributed by atoms with Crippen LogP contribution in [0, 0.1) is 5.82 Å². The molecule has 1 aromatic heterocycles. The average Bonchev–Trinajstić information content (AvgIpc) is 2.83. The van der Waals surface area contributed by atoms with Gasteiger partial charge in [0.1, 0.15) is 0 Å². The van der Waals surface area contributed by atoms with E-state index in [9.17, 15) is 9.18 Å². The van der Waals surface area contributed by atoms with Crippen LogP contribution in [-0.2, 0) is 7.05 Å². The van der Waals surface area contributed by atoms with Crippen LogP contribution in [0.15, 0.2) is 30.6 Å². The zero-order valence-electron chi connectivity index (χ0n) is 10.9. The molecule has 0 aliphatic heterocycles. The molecule has 2 aromatic rings. The second-order valence-corrected chi connectivity index (χ2v) is 4.09. The molecule has 0 saturated carbocycles. The van der Waals surface area contributed by atoms with Crippen LogP contribution in [-0.4, -0.2) is 29.8 Å². The standard InChI is InChI=1S/C13H14FN3O2/c1-16-8-9(7-15-16)13(18)17(2)10-4-5-12(19-3)11(14)6-10/h4-8H,1-3H3. The minimum absolute atomic E-state index is 0.144. The highest BCUT2D eigenvalue weighted by Gasteiger charge is 2.16. The summed E-state index contributed by atoms with van der Waals surface area (Å²) in [4.78, 5) is 13.5. The van der Waals surface area contributed by atoms with E-state index in [1.54, 1.807) is 26.4 Å². The van der Waals surface area contributed by atoms with Crippen molar-refractivity contribution in [3.63, 3.8) is 0 Å². The fraction of sp³-hybridized carbons (Fsp3) is 0.231. The third-order valence-electron chi connectivity index (χ3n) is 2.78. The molecule has 5 nitrogen and oxygen atoms in total. The lowest BCUT2D eigenvalue weighted by atomic mass is 10.2. The normalized spacial score (nSPS) is 10.3. The number of halogens is 1. The van der Waals surface area contributed by atoms with Crippen LogP contribution in [0.1, 0.15) is 10.4 Å². The number of aromatic nitrogens is 2. The summed E-state index contributed by atoms with van der Waals surface area (Å²) in [5, 5.41) is 3.93. The van der Waals surface area contributed by atoms with Gasteiger partial charge in [-0.05, 0) is 12.1 Å². The number of amides is 1. The number of nitrogens with zero attached hydrogens (tertiary/aromatic N) is 3. The van der Waals surface area contributed by atoms with E-state index in [2.05, 4.69) is 5.10 Å². The Labute approximate surface area is 110 Å². The van der Waals surface area contributed by atoms with Crippen molar-refractivity contribution >= 4 is 11.6 Å². The molecular weight excluding hydrogens is 249 g/mol. The fourth-order valence-electron chi connectivity index (χ4n) is 1.71. The van der Waals surface area contributed by atoms with Crippen LogP contribution in [0.3, 0.4) is 0 Å². The molecule has 1 aromatic carbocycles. The summed E-state index contributed by atoms with van der Waals surface area (Å²) in [5.74, 6) is -0.616. The second-order valence-electron chi connectivity index (χ2n) is 4.09. The summed E-state index contributed by atoms with van der Waals surface area (Å²) in [6.07, 6.45) is 3.08. The maximum absolute atomic E-state index is 13.6. The molecule has 0 atom stereocenters. The van der Waals surface area contributed by atoms with Gasteiger partial charge < -0.3 is 9.64 Å². The van der Waals surface area contributed by atoms with Crippen molar-refractivity contribution < 1.29 is 13.9 Å². The third kappa shape index (κ3) is 2.57. The minimum Gasteiger partial charge on any atom is -0.494 e. The molecular formula is C13H14FN3O2. The molecule has 0 bridgehead atoms. The van der Waals surface area contributed by atoms with E-state index in [4.69, 9.17) is 4.74 Å². The molecule has 100 valence electrons. The highest BCUT2D eigenvalue weighted by Crippen LogP contribution is 2.23. The lowest BCUT2D eigenvalue weighted by Gasteiger charge is -2.17. The molecule has 0 aliphatic carbocycles. The predicted molar refractivity (Wildman–Crippen MR) is 68.9 cm³/mol. The van der Waals surface area contributed by atoms with E-state index >= 15 is 0 Å². The molecule has 0 unspecified atom stereocenters. The number of benzene rings is 1. The monoisotopic (exact) mass is 263 g/mol. The first-order valence-electron chi connectivity index (χ1n) is 5.63. The van der Waals surface area contributed by atoms with E-state index < -0.39 is 5.82 Å². The molecule has 0 spiro atoms. The van der Waals surface area contributed by atoms with Crippen molar-refractivity contribution in [3.8, 4) is 5.75 Å². The quantitative estimate of drug-likeness (QED) is 0.849.